The van der Waals surface area contributed by atoms with Crippen LogP contribution < -0.4 is 0 Å². The number of azo groups is 1. The van der Waals surface area contributed by atoms with Crippen LogP contribution in [0.5, 0.6) is 5.75 Å². The molecule has 0 spiro atoms. The Balaban J connectivity index is 1.79. The molecule has 0 amide bonds. The number of fused-ring (bicyclic) bond motifs is 1. The van der Waals surface area contributed by atoms with Gasteiger partial charge in [0, 0.05) is 5.56 Å². The van der Waals surface area contributed by atoms with Crippen molar-refractivity contribution < 1.29 is 5.11 Å². The monoisotopic (exact) mass is 324 g/mol. The van der Waals surface area contributed by atoms with Crippen LogP contribution in [0.15, 0.2) is 101 Å². The van der Waals surface area contributed by atoms with Crippen molar-refractivity contribution in [3.8, 4) is 16.9 Å². The molecule has 0 radical (unpaired) electrons. The molecule has 0 aromatic heterocycles. The van der Waals surface area contributed by atoms with E-state index in [1.54, 1.807) is 12.1 Å². The van der Waals surface area contributed by atoms with Crippen molar-refractivity contribution in [3.05, 3.63) is 91.0 Å². The van der Waals surface area contributed by atoms with Gasteiger partial charge in [0.25, 0.3) is 0 Å². The highest BCUT2D eigenvalue weighted by molar-refractivity contribution is 5.98. The number of benzene rings is 4. The van der Waals surface area contributed by atoms with Crippen molar-refractivity contribution in [1.29, 1.82) is 0 Å². The van der Waals surface area contributed by atoms with Gasteiger partial charge in [-0.15, -0.1) is 0 Å². The molecule has 0 aliphatic carbocycles. The highest BCUT2D eigenvalue weighted by atomic mass is 16.3. The number of hydrogen-bond donors (Lipinski definition) is 1. The molecule has 4 aromatic carbocycles. The Morgan fingerprint density at radius 1 is 0.560 bits per heavy atom. The summed E-state index contributed by atoms with van der Waals surface area (Å²) in [6.07, 6.45) is 0. The summed E-state index contributed by atoms with van der Waals surface area (Å²) in [4.78, 5) is 0. The largest absolute Gasteiger partial charge is 0.507 e. The van der Waals surface area contributed by atoms with Crippen molar-refractivity contribution in [2.24, 2.45) is 10.2 Å². The number of hydrogen-bond acceptors (Lipinski definition) is 3. The van der Waals surface area contributed by atoms with E-state index in [1.807, 2.05) is 60.7 Å². The fraction of sp³-hybridized carbons (Fsp3) is 0. The summed E-state index contributed by atoms with van der Waals surface area (Å²) in [6, 6.07) is 29.1. The third-order valence-corrected chi connectivity index (χ3v) is 4.10. The molecule has 120 valence electrons. The molecule has 1 N–H and O–H groups in total. The van der Waals surface area contributed by atoms with E-state index >= 15 is 0 Å². The minimum absolute atomic E-state index is 0.231. The molecule has 0 saturated carbocycles. The molecule has 0 unspecified atom stereocenters. The Labute approximate surface area is 145 Å². The van der Waals surface area contributed by atoms with Crippen molar-refractivity contribution in [2.75, 3.05) is 0 Å². The Kier molecular flexibility index (Phi) is 3.97. The second-order valence-electron chi connectivity index (χ2n) is 5.76. The van der Waals surface area contributed by atoms with Gasteiger partial charge >= 0.3 is 0 Å². The number of rotatable bonds is 3. The Morgan fingerprint density at radius 3 is 2.16 bits per heavy atom. The first-order valence-electron chi connectivity index (χ1n) is 8.09. The van der Waals surface area contributed by atoms with Crippen LogP contribution in [0.25, 0.3) is 21.9 Å². The fourth-order valence-corrected chi connectivity index (χ4v) is 2.87. The van der Waals surface area contributed by atoms with Gasteiger partial charge in [-0.25, -0.2) is 0 Å². The average Bonchev–Trinajstić information content (AvgIpc) is 2.68. The second kappa shape index (κ2) is 6.57. The summed E-state index contributed by atoms with van der Waals surface area (Å²) < 4.78 is 0. The average molecular weight is 324 g/mol. The Hall–Kier alpha value is -3.46. The lowest BCUT2D eigenvalue weighted by molar-refractivity contribution is 0.477. The standard InChI is InChI=1S/C22H16N2O/c25-22-14-13-18(24-23-17-9-2-1-3-10-17)15-21(22)20-12-6-8-16-7-4-5-11-19(16)20/h1-15,25H. The fourth-order valence-electron chi connectivity index (χ4n) is 2.87. The van der Waals surface area contributed by atoms with E-state index in [2.05, 4.69) is 28.4 Å². The smallest absolute Gasteiger partial charge is 0.123 e. The molecule has 0 aliphatic heterocycles. The van der Waals surface area contributed by atoms with Gasteiger partial charge in [-0.3, -0.25) is 0 Å². The number of aromatic hydroxyl groups is 1. The molecule has 0 atom stereocenters. The first kappa shape index (κ1) is 15.1. The highest BCUT2D eigenvalue weighted by Crippen LogP contribution is 2.37. The zero-order chi connectivity index (χ0) is 17.1. The second-order valence-corrected chi connectivity index (χ2v) is 5.76. The third-order valence-electron chi connectivity index (χ3n) is 4.10. The molecule has 4 aromatic rings. The van der Waals surface area contributed by atoms with Crippen LogP contribution in [0.4, 0.5) is 11.4 Å². The minimum atomic E-state index is 0.231. The van der Waals surface area contributed by atoms with Crippen molar-refractivity contribution in [2.45, 2.75) is 0 Å². The molecule has 3 heteroatoms. The van der Waals surface area contributed by atoms with Crippen molar-refractivity contribution in [3.63, 3.8) is 0 Å². The summed E-state index contributed by atoms with van der Waals surface area (Å²) in [5.41, 5.74) is 3.22. The Morgan fingerprint density at radius 2 is 1.28 bits per heavy atom. The zero-order valence-corrected chi connectivity index (χ0v) is 13.5. The molecular formula is C22H16N2O. The van der Waals surface area contributed by atoms with E-state index in [1.165, 1.54) is 0 Å². The lowest BCUT2D eigenvalue weighted by Gasteiger charge is -2.09. The molecule has 0 saturated heterocycles. The number of phenolic OH excluding ortho intramolecular Hbond substituents is 1. The number of phenols is 1. The van der Waals surface area contributed by atoms with Crippen molar-refractivity contribution >= 4 is 22.1 Å². The van der Waals surface area contributed by atoms with Gasteiger partial charge in [0.15, 0.2) is 0 Å². The predicted octanol–water partition coefficient (Wildman–Crippen LogP) is 6.63. The van der Waals surface area contributed by atoms with Gasteiger partial charge in [0.1, 0.15) is 5.75 Å². The summed E-state index contributed by atoms with van der Waals surface area (Å²) >= 11 is 0. The molecule has 0 aliphatic rings. The Bertz CT molecular complexity index is 1050. The lowest BCUT2D eigenvalue weighted by atomic mass is 9.97. The molecule has 0 heterocycles. The van der Waals surface area contributed by atoms with E-state index in [9.17, 15) is 5.11 Å². The molecule has 0 bridgehead atoms. The molecule has 4 rings (SSSR count). The van der Waals surface area contributed by atoms with E-state index in [0.717, 1.165) is 27.6 Å². The van der Waals surface area contributed by atoms with E-state index in [-0.39, 0.29) is 5.75 Å². The van der Waals surface area contributed by atoms with Crippen LogP contribution in [0.1, 0.15) is 0 Å². The maximum atomic E-state index is 10.4. The van der Waals surface area contributed by atoms with Gasteiger partial charge < -0.3 is 5.11 Å². The van der Waals surface area contributed by atoms with E-state index in [0.29, 0.717) is 5.69 Å². The van der Waals surface area contributed by atoms with Crippen molar-refractivity contribution in [1.82, 2.24) is 0 Å². The van der Waals surface area contributed by atoms with E-state index in [4.69, 9.17) is 0 Å². The van der Waals surface area contributed by atoms with Crippen LogP contribution >= 0.6 is 0 Å². The molecule has 3 nitrogen and oxygen atoms in total. The lowest BCUT2D eigenvalue weighted by Crippen LogP contribution is -1.82. The van der Waals surface area contributed by atoms with Crippen LogP contribution in [-0.2, 0) is 0 Å². The molecule has 25 heavy (non-hydrogen) atoms. The number of nitrogens with zero attached hydrogens (tertiary/aromatic N) is 2. The van der Waals surface area contributed by atoms with Crippen LogP contribution in [-0.4, -0.2) is 5.11 Å². The van der Waals surface area contributed by atoms with Crippen LogP contribution in [0.3, 0.4) is 0 Å². The SMILES string of the molecule is Oc1ccc(N=Nc2ccccc2)cc1-c1cccc2ccccc12. The summed E-state index contributed by atoms with van der Waals surface area (Å²) in [7, 11) is 0. The maximum absolute atomic E-state index is 10.4. The third kappa shape index (κ3) is 3.12. The molecular weight excluding hydrogens is 308 g/mol. The topological polar surface area (TPSA) is 45.0 Å². The van der Waals surface area contributed by atoms with E-state index < -0.39 is 0 Å². The van der Waals surface area contributed by atoms with Gasteiger partial charge in [-0.2, -0.15) is 10.2 Å². The van der Waals surface area contributed by atoms with Crippen LogP contribution in [0, 0.1) is 0 Å². The van der Waals surface area contributed by atoms with Gasteiger partial charge in [-0.05, 0) is 46.7 Å². The van der Waals surface area contributed by atoms with Gasteiger partial charge in [0.2, 0.25) is 0 Å². The summed E-state index contributed by atoms with van der Waals surface area (Å²) in [6.45, 7) is 0. The first-order valence-corrected chi connectivity index (χ1v) is 8.09. The normalized spacial score (nSPS) is 11.2. The highest BCUT2D eigenvalue weighted by Gasteiger charge is 2.09. The summed E-state index contributed by atoms with van der Waals surface area (Å²) in [5.74, 6) is 0.231. The van der Waals surface area contributed by atoms with Gasteiger partial charge in [0.05, 0.1) is 11.4 Å². The first-order chi connectivity index (χ1) is 12.3. The maximum Gasteiger partial charge on any atom is 0.123 e. The summed E-state index contributed by atoms with van der Waals surface area (Å²) in [5, 5.41) is 21.1. The zero-order valence-electron chi connectivity index (χ0n) is 13.5. The minimum Gasteiger partial charge on any atom is -0.507 e. The molecule has 0 fully saturated rings. The van der Waals surface area contributed by atoms with Crippen LogP contribution in [0.2, 0.25) is 0 Å². The predicted molar refractivity (Wildman–Crippen MR) is 102 cm³/mol. The van der Waals surface area contributed by atoms with Gasteiger partial charge in [-0.1, -0.05) is 60.7 Å². The quantitative estimate of drug-likeness (QED) is 0.422.